The van der Waals surface area contributed by atoms with Gasteiger partial charge in [-0.2, -0.15) is 0 Å². The number of hydrogen-bond donors (Lipinski definition) is 0. The highest BCUT2D eigenvalue weighted by atomic mass is 79.9. The highest BCUT2D eigenvalue weighted by Crippen LogP contribution is 2.41. The van der Waals surface area contributed by atoms with Crippen molar-refractivity contribution in [1.29, 1.82) is 0 Å². The second-order valence-electron chi connectivity index (χ2n) is 5.29. The third-order valence-corrected chi connectivity index (χ3v) is 5.36. The molecular formula is C14H10BBr2F2N3. The largest absolute Gasteiger partial charge is 0.738 e. The van der Waals surface area contributed by atoms with Gasteiger partial charge in [-0.3, -0.25) is 0 Å². The van der Waals surface area contributed by atoms with E-state index in [1.54, 1.807) is 24.3 Å². The standard InChI is InChI=1S/C14H10BBr2F2N3/c1-20-8-2-3-9(20)14-10-4-6-12(16)21(10)15(18,19)22-11(14)5-7-13(22)17/h2-8H,1H3. The maximum Gasteiger partial charge on any atom is 0.738 e. The number of hydrogen-bond acceptors (Lipinski definition) is 0. The molecule has 0 spiro atoms. The molecule has 4 heterocycles. The molecule has 0 fully saturated rings. The lowest BCUT2D eigenvalue weighted by atomic mass is 9.88. The monoisotopic (exact) mass is 427 g/mol. The van der Waals surface area contributed by atoms with Gasteiger partial charge < -0.3 is 22.2 Å². The van der Waals surface area contributed by atoms with E-state index < -0.39 is 6.97 Å². The summed E-state index contributed by atoms with van der Waals surface area (Å²) in [4.78, 5) is 0. The normalized spacial score (nSPS) is 19.0. The Bertz CT molecular complexity index is 905. The van der Waals surface area contributed by atoms with Crippen LogP contribution in [0.25, 0.3) is 5.57 Å². The Morgan fingerprint density at radius 3 is 2.55 bits per heavy atom. The summed E-state index contributed by atoms with van der Waals surface area (Å²) in [5.74, 6) is 0. The van der Waals surface area contributed by atoms with Crippen molar-refractivity contribution in [2.45, 2.75) is 0 Å². The minimum Gasteiger partial charge on any atom is -0.389 e. The number of halogens is 4. The van der Waals surface area contributed by atoms with Crippen molar-refractivity contribution in [2.75, 3.05) is 0 Å². The summed E-state index contributed by atoms with van der Waals surface area (Å²) in [5, 5.41) is 0. The van der Waals surface area contributed by atoms with Gasteiger partial charge in [0.25, 0.3) is 0 Å². The summed E-state index contributed by atoms with van der Waals surface area (Å²) in [6.45, 7) is -3.95. The molecule has 0 unspecified atom stereocenters. The van der Waals surface area contributed by atoms with Gasteiger partial charge in [0, 0.05) is 47.0 Å². The van der Waals surface area contributed by atoms with E-state index in [0.717, 1.165) is 20.2 Å². The lowest BCUT2D eigenvalue weighted by molar-refractivity contribution is -0.358. The van der Waals surface area contributed by atoms with Crippen molar-refractivity contribution in [3.05, 3.63) is 64.3 Å². The van der Waals surface area contributed by atoms with Crippen LogP contribution in [0.1, 0.15) is 11.4 Å². The molecule has 0 aliphatic carbocycles. The summed E-state index contributed by atoms with van der Waals surface area (Å²) in [6, 6.07) is 7.23. The van der Waals surface area contributed by atoms with E-state index in [9.17, 15) is 0 Å². The van der Waals surface area contributed by atoms with Crippen LogP contribution >= 0.6 is 31.9 Å². The van der Waals surface area contributed by atoms with Crippen LogP contribution in [0, 0.1) is 0 Å². The first kappa shape index (κ1) is 14.2. The fourth-order valence-corrected chi connectivity index (χ4v) is 4.25. The van der Waals surface area contributed by atoms with Crippen LogP contribution in [0.15, 0.2) is 52.9 Å². The van der Waals surface area contributed by atoms with E-state index in [1.165, 1.54) is 0 Å². The van der Waals surface area contributed by atoms with Crippen molar-refractivity contribution in [1.82, 2.24) is 9.05 Å². The maximum absolute atomic E-state index is 15.0. The molecule has 2 aromatic rings. The average molecular weight is 429 g/mol. The van der Waals surface area contributed by atoms with Crippen LogP contribution in [0.2, 0.25) is 0 Å². The number of rotatable bonds is 1. The lowest BCUT2D eigenvalue weighted by Gasteiger charge is -2.32. The smallest absolute Gasteiger partial charge is 0.389 e. The fourth-order valence-electron chi connectivity index (χ4n) is 3.12. The zero-order valence-electron chi connectivity index (χ0n) is 11.5. The molecule has 0 atom stereocenters. The molecule has 22 heavy (non-hydrogen) atoms. The minimum atomic E-state index is -3.95. The maximum atomic E-state index is 15.0. The average Bonchev–Trinajstić information content (AvgIpc) is 3.12. The molecule has 0 saturated carbocycles. The summed E-state index contributed by atoms with van der Waals surface area (Å²) in [6.07, 6.45) is 5.30. The van der Waals surface area contributed by atoms with Gasteiger partial charge in [-0.15, -0.1) is 0 Å². The number of fused-ring (bicyclic) bond motifs is 2. The van der Waals surface area contributed by atoms with Crippen molar-refractivity contribution >= 4 is 49.0 Å². The first-order valence-electron chi connectivity index (χ1n) is 6.68. The topological polar surface area (TPSA) is 12.9 Å². The number of nitrogens with zero attached hydrogens (tertiary/aromatic N) is 3. The quantitative estimate of drug-likeness (QED) is 0.610. The van der Waals surface area contributed by atoms with E-state index in [0.29, 0.717) is 20.6 Å². The Balaban J connectivity index is 2.15. The predicted octanol–water partition coefficient (Wildman–Crippen LogP) is 3.96. The molecule has 2 aliphatic heterocycles. The van der Waals surface area contributed by atoms with Crippen LogP contribution in [-0.2, 0) is 7.05 Å². The molecule has 0 radical (unpaired) electrons. The van der Waals surface area contributed by atoms with E-state index in [-0.39, 0.29) is 0 Å². The third kappa shape index (κ3) is 1.68. The molecule has 0 N–H and O–H groups in total. The van der Waals surface area contributed by atoms with E-state index in [4.69, 9.17) is 0 Å². The van der Waals surface area contributed by atoms with Crippen LogP contribution in [-0.4, -0.2) is 25.1 Å². The Hall–Kier alpha value is -1.41. The van der Waals surface area contributed by atoms with E-state index >= 15 is 8.63 Å². The zero-order chi connectivity index (χ0) is 15.6. The highest BCUT2D eigenvalue weighted by molar-refractivity contribution is 9.18. The molecule has 4 rings (SSSR count). The second kappa shape index (κ2) is 4.55. The Kier molecular flexibility index (Phi) is 2.94. The summed E-state index contributed by atoms with van der Waals surface area (Å²) in [7, 11) is 1.91. The lowest BCUT2D eigenvalue weighted by Crippen LogP contribution is -2.50. The van der Waals surface area contributed by atoms with Gasteiger partial charge >= 0.3 is 6.97 Å². The first-order chi connectivity index (χ1) is 10.4. The molecule has 0 aromatic carbocycles. The third-order valence-electron chi connectivity index (χ3n) is 4.07. The van der Waals surface area contributed by atoms with E-state index in [1.807, 2.05) is 29.9 Å². The molecule has 2 aromatic heterocycles. The number of aromatic nitrogens is 2. The molecule has 0 saturated heterocycles. The van der Waals surface area contributed by atoms with Gasteiger partial charge in [-0.1, -0.05) is 0 Å². The van der Waals surface area contributed by atoms with Crippen molar-refractivity contribution < 1.29 is 13.1 Å². The van der Waals surface area contributed by atoms with Crippen LogP contribution in [0.3, 0.4) is 0 Å². The van der Waals surface area contributed by atoms with Gasteiger partial charge in [0.15, 0.2) is 5.70 Å². The molecule has 2 aliphatic rings. The minimum absolute atomic E-state index is 0.366. The van der Waals surface area contributed by atoms with Crippen LogP contribution in [0.4, 0.5) is 8.63 Å². The molecule has 0 amide bonds. The second-order valence-corrected chi connectivity index (χ2v) is 6.92. The predicted molar refractivity (Wildman–Crippen MR) is 90.3 cm³/mol. The summed E-state index contributed by atoms with van der Waals surface area (Å²) in [5.41, 5.74) is 2.70. The molecular weight excluding hydrogens is 419 g/mol. The first-order valence-corrected chi connectivity index (χ1v) is 8.27. The molecule has 0 bridgehead atoms. The van der Waals surface area contributed by atoms with E-state index in [2.05, 4.69) is 31.9 Å². The molecule has 112 valence electrons. The van der Waals surface area contributed by atoms with Crippen molar-refractivity contribution in [3.8, 4) is 0 Å². The fraction of sp³-hybridized carbons (Fsp3) is 0.0714. The Morgan fingerprint density at radius 1 is 1.09 bits per heavy atom. The van der Waals surface area contributed by atoms with Crippen molar-refractivity contribution in [2.24, 2.45) is 7.05 Å². The van der Waals surface area contributed by atoms with Gasteiger partial charge in [-0.05, 0) is 40.2 Å². The summed E-state index contributed by atoms with van der Waals surface area (Å²) < 4.78 is 34.8. The van der Waals surface area contributed by atoms with Crippen LogP contribution < -0.4 is 0 Å². The Morgan fingerprint density at radius 2 is 1.86 bits per heavy atom. The van der Waals surface area contributed by atoms with Gasteiger partial charge in [0.2, 0.25) is 4.62 Å². The van der Waals surface area contributed by atoms with Crippen LogP contribution in [0.5, 0.6) is 0 Å². The zero-order valence-corrected chi connectivity index (χ0v) is 14.6. The van der Waals surface area contributed by atoms with Gasteiger partial charge in [-0.25, -0.2) is 0 Å². The van der Waals surface area contributed by atoms with Gasteiger partial charge in [0.05, 0.1) is 15.9 Å². The molecule has 8 heteroatoms. The number of allylic oxidation sites excluding steroid dienone is 2. The number of aryl methyl sites for hydroxylation is 1. The van der Waals surface area contributed by atoms with Gasteiger partial charge in [0.1, 0.15) is 0 Å². The SMILES string of the molecule is Cn1cccc1C1=C2C=CC(Br)=[N+]2[B-](F)(F)n2c(Br)ccc21. The highest BCUT2D eigenvalue weighted by Gasteiger charge is 2.54. The van der Waals surface area contributed by atoms with Crippen molar-refractivity contribution in [3.63, 3.8) is 0 Å². The Labute approximate surface area is 142 Å². The summed E-state index contributed by atoms with van der Waals surface area (Å²) >= 11 is 6.50. The molecule has 3 nitrogen and oxygen atoms in total.